The van der Waals surface area contributed by atoms with Gasteiger partial charge in [-0.15, -0.1) is 0 Å². The lowest BCUT2D eigenvalue weighted by atomic mass is 10.0. The van der Waals surface area contributed by atoms with Crippen molar-refractivity contribution in [1.82, 2.24) is 20.0 Å². The van der Waals surface area contributed by atoms with E-state index in [1.54, 1.807) is 15.8 Å². The Morgan fingerprint density at radius 1 is 1.29 bits per heavy atom. The number of halogens is 1. The van der Waals surface area contributed by atoms with E-state index in [9.17, 15) is 9.59 Å². The van der Waals surface area contributed by atoms with E-state index in [1.165, 1.54) is 0 Å². The van der Waals surface area contributed by atoms with Gasteiger partial charge < -0.3 is 15.0 Å². The first-order valence-electron chi connectivity index (χ1n) is 9.42. The summed E-state index contributed by atoms with van der Waals surface area (Å²) in [5.41, 5.74) is 2.23. The predicted molar refractivity (Wildman–Crippen MR) is 110 cm³/mol. The van der Waals surface area contributed by atoms with E-state index < -0.39 is 0 Å². The maximum atomic E-state index is 12.7. The van der Waals surface area contributed by atoms with E-state index in [2.05, 4.69) is 26.3 Å². The zero-order valence-electron chi connectivity index (χ0n) is 16.3. The fourth-order valence-electron chi connectivity index (χ4n) is 3.25. The Labute approximate surface area is 173 Å². The standard InChI is InChI=1S/C20H25BrN4O3/c1-13(2)28-20(27)24-9-7-16(8-10-24)23-19(26)18-12-22-25(14(18)3)17-6-4-5-15(21)11-17/h4-6,11-13,16H,7-10H2,1-3H3,(H,23,26). The van der Waals surface area contributed by atoms with Gasteiger partial charge >= 0.3 is 6.09 Å². The minimum atomic E-state index is -0.286. The second-order valence-corrected chi connectivity index (χ2v) is 8.12. The van der Waals surface area contributed by atoms with Gasteiger partial charge in [0.1, 0.15) is 0 Å². The summed E-state index contributed by atoms with van der Waals surface area (Å²) < 4.78 is 7.94. The Balaban J connectivity index is 1.60. The first-order valence-corrected chi connectivity index (χ1v) is 10.2. The minimum absolute atomic E-state index is 0.0317. The normalized spacial score (nSPS) is 15.0. The monoisotopic (exact) mass is 448 g/mol. The van der Waals surface area contributed by atoms with Crippen LogP contribution in [0.25, 0.3) is 5.69 Å². The van der Waals surface area contributed by atoms with Gasteiger partial charge in [0.2, 0.25) is 0 Å². The largest absolute Gasteiger partial charge is 0.447 e. The highest BCUT2D eigenvalue weighted by Crippen LogP contribution is 2.19. The average Bonchev–Trinajstić information content (AvgIpc) is 3.03. The van der Waals surface area contributed by atoms with Crippen molar-refractivity contribution >= 4 is 27.9 Å². The molecule has 1 aromatic carbocycles. The molecule has 0 atom stereocenters. The number of rotatable bonds is 4. The maximum Gasteiger partial charge on any atom is 0.410 e. The van der Waals surface area contributed by atoms with Crippen LogP contribution in [0.4, 0.5) is 4.79 Å². The molecule has 150 valence electrons. The van der Waals surface area contributed by atoms with Gasteiger partial charge in [-0.25, -0.2) is 9.48 Å². The fraction of sp³-hybridized carbons (Fsp3) is 0.450. The van der Waals surface area contributed by atoms with Crippen LogP contribution in [0, 0.1) is 6.92 Å². The molecule has 2 heterocycles. The number of likely N-dealkylation sites (tertiary alicyclic amines) is 1. The lowest BCUT2D eigenvalue weighted by Crippen LogP contribution is -2.47. The number of amides is 2. The van der Waals surface area contributed by atoms with Crippen LogP contribution in [-0.2, 0) is 4.74 Å². The van der Waals surface area contributed by atoms with Crippen molar-refractivity contribution in [2.45, 2.75) is 45.8 Å². The van der Waals surface area contributed by atoms with Crippen molar-refractivity contribution < 1.29 is 14.3 Å². The third kappa shape index (κ3) is 4.73. The molecule has 0 spiro atoms. The van der Waals surface area contributed by atoms with Crippen molar-refractivity contribution in [3.63, 3.8) is 0 Å². The van der Waals surface area contributed by atoms with Crippen LogP contribution in [0.15, 0.2) is 34.9 Å². The first kappa shape index (κ1) is 20.4. The second kappa shape index (κ2) is 8.77. The second-order valence-electron chi connectivity index (χ2n) is 7.20. The van der Waals surface area contributed by atoms with Gasteiger partial charge in [-0.05, 0) is 51.8 Å². The van der Waals surface area contributed by atoms with Gasteiger partial charge in [0.05, 0.1) is 29.2 Å². The molecule has 3 rings (SSSR count). The molecule has 1 aliphatic heterocycles. The fourth-order valence-corrected chi connectivity index (χ4v) is 3.63. The molecular formula is C20H25BrN4O3. The van der Waals surface area contributed by atoms with Gasteiger partial charge in [-0.1, -0.05) is 22.0 Å². The number of hydrogen-bond acceptors (Lipinski definition) is 4. The number of hydrogen-bond donors (Lipinski definition) is 1. The van der Waals surface area contributed by atoms with Crippen LogP contribution < -0.4 is 5.32 Å². The Hall–Kier alpha value is -2.35. The SMILES string of the molecule is Cc1c(C(=O)NC2CCN(C(=O)OC(C)C)CC2)cnn1-c1cccc(Br)c1. The number of carbonyl (C=O) groups excluding carboxylic acids is 2. The van der Waals surface area contributed by atoms with Gasteiger partial charge in [0.15, 0.2) is 0 Å². The topological polar surface area (TPSA) is 76.5 Å². The molecule has 1 aliphatic rings. The number of nitrogens with one attached hydrogen (secondary N) is 1. The first-order chi connectivity index (χ1) is 13.3. The van der Waals surface area contributed by atoms with Gasteiger partial charge in [-0.3, -0.25) is 4.79 Å². The summed E-state index contributed by atoms with van der Waals surface area (Å²) in [4.78, 5) is 26.4. The molecular weight excluding hydrogens is 424 g/mol. The molecule has 1 N–H and O–H groups in total. The number of benzene rings is 1. The molecule has 0 unspecified atom stereocenters. The third-order valence-corrected chi connectivity index (χ3v) is 5.23. The zero-order chi connectivity index (χ0) is 20.3. The van der Waals surface area contributed by atoms with E-state index >= 15 is 0 Å². The summed E-state index contributed by atoms with van der Waals surface area (Å²) in [6.07, 6.45) is 2.59. The summed E-state index contributed by atoms with van der Waals surface area (Å²) in [5.74, 6) is -0.137. The van der Waals surface area contributed by atoms with Crippen LogP contribution in [0.1, 0.15) is 42.7 Å². The molecule has 1 saturated heterocycles. The lowest BCUT2D eigenvalue weighted by Gasteiger charge is -2.32. The van der Waals surface area contributed by atoms with Gasteiger partial charge in [0.25, 0.3) is 5.91 Å². The lowest BCUT2D eigenvalue weighted by molar-refractivity contribution is 0.0668. The zero-order valence-corrected chi connectivity index (χ0v) is 17.9. The number of carbonyl (C=O) groups is 2. The van der Waals surface area contributed by atoms with Crippen molar-refractivity contribution in [2.24, 2.45) is 0 Å². The van der Waals surface area contributed by atoms with Crippen molar-refractivity contribution in [1.29, 1.82) is 0 Å². The number of ether oxygens (including phenoxy) is 1. The van der Waals surface area contributed by atoms with Crippen LogP contribution in [0.3, 0.4) is 0 Å². The highest BCUT2D eigenvalue weighted by Gasteiger charge is 2.26. The van der Waals surface area contributed by atoms with Crippen LogP contribution >= 0.6 is 15.9 Å². The number of aromatic nitrogens is 2. The average molecular weight is 449 g/mol. The number of piperidine rings is 1. The Morgan fingerprint density at radius 3 is 2.64 bits per heavy atom. The highest BCUT2D eigenvalue weighted by atomic mass is 79.9. The minimum Gasteiger partial charge on any atom is -0.447 e. The molecule has 0 aliphatic carbocycles. The van der Waals surface area contributed by atoms with Crippen LogP contribution in [-0.4, -0.2) is 51.9 Å². The van der Waals surface area contributed by atoms with Crippen molar-refractivity contribution in [3.8, 4) is 5.69 Å². The Bertz CT molecular complexity index is 857. The Morgan fingerprint density at radius 2 is 2.00 bits per heavy atom. The van der Waals surface area contributed by atoms with E-state index in [1.807, 2.05) is 45.0 Å². The summed E-state index contributed by atoms with van der Waals surface area (Å²) in [7, 11) is 0. The number of nitrogens with zero attached hydrogens (tertiary/aromatic N) is 3. The molecule has 1 aromatic heterocycles. The summed E-state index contributed by atoms with van der Waals surface area (Å²) in [6.45, 7) is 6.70. The Kier molecular flexibility index (Phi) is 6.39. The molecule has 7 nitrogen and oxygen atoms in total. The van der Waals surface area contributed by atoms with E-state index in [4.69, 9.17) is 4.74 Å². The van der Waals surface area contributed by atoms with E-state index in [0.29, 0.717) is 31.5 Å². The predicted octanol–water partition coefficient (Wildman–Crippen LogP) is 3.68. The molecule has 2 amide bonds. The summed E-state index contributed by atoms with van der Waals surface area (Å²) in [6, 6.07) is 7.80. The van der Waals surface area contributed by atoms with Crippen LogP contribution in [0.2, 0.25) is 0 Å². The van der Waals surface area contributed by atoms with Crippen molar-refractivity contribution in [2.75, 3.05) is 13.1 Å². The highest BCUT2D eigenvalue weighted by molar-refractivity contribution is 9.10. The van der Waals surface area contributed by atoms with E-state index in [-0.39, 0.29) is 24.1 Å². The molecule has 0 saturated carbocycles. The molecule has 28 heavy (non-hydrogen) atoms. The van der Waals surface area contributed by atoms with E-state index in [0.717, 1.165) is 15.9 Å². The maximum absolute atomic E-state index is 12.7. The summed E-state index contributed by atoms with van der Waals surface area (Å²) in [5, 5.41) is 7.44. The smallest absolute Gasteiger partial charge is 0.410 e. The molecule has 8 heteroatoms. The molecule has 0 radical (unpaired) electrons. The van der Waals surface area contributed by atoms with Gasteiger partial charge in [0, 0.05) is 23.6 Å². The van der Waals surface area contributed by atoms with Gasteiger partial charge in [-0.2, -0.15) is 5.10 Å². The molecule has 1 fully saturated rings. The third-order valence-electron chi connectivity index (χ3n) is 4.73. The van der Waals surface area contributed by atoms with Crippen LogP contribution in [0.5, 0.6) is 0 Å². The van der Waals surface area contributed by atoms with Crippen molar-refractivity contribution in [3.05, 3.63) is 46.2 Å². The summed E-state index contributed by atoms with van der Waals surface area (Å²) >= 11 is 3.46. The molecule has 2 aromatic rings. The quantitative estimate of drug-likeness (QED) is 0.773. The molecule has 0 bridgehead atoms.